The highest BCUT2D eigenvalue weighted by Gasteiger charge is 2.27. The highest BCUT2D eigenvalue weighted by Crippen LogP contribution is 2.19. The van der Waals surface area contributed by atoms with E-state index in [0.29, 0.717) is 12.5 Å². The van der Waals surface area contributed by atoms with Crippen molar-refractivity contribution in [1.82, 2.24) is 20.4 Å². The molecule has 1 amide bonds. The molecule has 0 aliphatic carbocycles. The van der Waals surface area contributed by atoms with Gasteiger partial charge in [-0.3, -0.25) is 9.69 Å². The van der Waals surface area contributed by atoms with E-state index >= 15 is 0 Å². The molecule has 1 aromatic heterocycles. The van der Waals surface area contributed by atoms with E-state index in [2.05, 4.69) is 45.8 Å². The normalized spacial score (nSPS) is 16.4. The summed E-state index contributed by atoms with van der Waals surface area (Å²) in [5, 5.41) is 8.86. The summed E-state index contributed by atoms with van der Waals surface area (Å²) in [6.07, 6.45) is 3.89. The molecule has 2 N–H and O–H groups in total. The maximum atomic E-state index is 11.9. The largest absolute Gasteiger partial charge is 0.355 e. The quantitative estimate of drug-likeness (QED) is 0.563. The Morgan fingerprint density at radius 2 is 2.00 bits per heavy atom. The van der Waals surface area contributed by atoms with E-state index in [4.69, 9.17) is 0 Å². The molecule has 2 heterocycles. The first-order chi connectivity index (χ1) is 12.4. The van der Waals surface area contributed by atoms with Crippen LogP contribution in [0.2, 0.25) is 0 Å². The van der Waals surface area contributed by atoms with Crippen LogP contribution in [0.5, 0.6) is 0 Å². The smallest absolute Gasteiger partial charge is 0.243 e. The van der Waals surface area contributed by atoms with Crippen molar-refractivity contribution in [1.29, 1.82) is 0 Å². The monoisotopic (exact) mass is 379 g/mol. The summed E-state index contributed by atoms with van der Waals surface area (Å²) >= 11 is 1.71. The van der Waals surface area contributed by atoms with Crippen molar-refractivity contribution in [3.8, 4) is 0 Å². The molecule has 0 atom stereocenters. The van der Waals surface area contributed by atoms with E-state index in [-0.39, 0.29) is 18.0 Å². The Kier molecular flexibility index (Phi) is 7.90. The lowest BCUT2D eigenvalue weighted by molar-refractivity contribution is -0.127. The average molecular weight is 380 g/mol. The fourth-order valence-corrected chi connectivity index (χ4v) is 3.60. The third kappa shape index (κ3) is 6.61. The fraction of sp³-hybridized carbons (Fsp3) is 0.684. The molecule has 0 unspecified atom stereocenters. The molecule has 1 aromatic rings. The molecule has 0 saturated carbocycles. The molecular formula is C19H33N5OS. The third-order valence-corrected chi connectivity index (χ3v) is 5.66. The SMILES string of the molecule is CN(C)C(=O)CN=C(NCc1cccs1)NCC(C)(C)N1CCCCC1. The van der Waals surface area contributed by atoms with Crippen LogP contribution >= 0.6 is 11.3 Å². The summed E-state index contributed by atoms with van der Waals surface area (Å²) in [5.74, 6) is 0.691. The van der Waals surface area contributed by atoms with Crippen LogP contribution in [0.15, 0.2) is 22.5 Å². The van der Waals surface area contributed by atoms with Gasteiger partial charge in [0.15, 0.2) is 5.96 Å². The minimum absolute atomic E-state index is 0.00230. The minimum atomic E-state index is -0.00230. The topological polar surface area (TPSA) is 60.0 Å². The second-order valence-electron chi connectivity index (χ2n) is 7.60. The van der Waals surface area contributed by atoms with Crippen molar-refractivity contribution in [3.63, 3.8) is 0 Å². The van der Waals surface area contributed by atoms with Crippen molar-refractivity contribution in [2.24, 2.45) is 4.99 Å². The first-order valence-electron chi connectivity index (χ1n) is 9.38. The maximum Gasteiger partial charge on any atom is 0.243 e. The van der Waals surface area contributed by atoms with Gasteiger partial charge >= 0.3 is 0 Å². The van der Waals surface area contributed by atoms with Crippen molar-refractivity contribution < 1.29 is 4.79 Å². The molecule has 1 aliphatic heterocycles. The number of likely N-dealkylation sites (N-methyl/N-ethyl adjacent to an activating group) is 1. The lowest BCUT2D eigenvalue weighted by Crippen LogP contribution is -2.54. The van der Waals surface area contributed by atoms with Crippen molar-refractivity contribution in [2.75, 3.05) is 40.3 Å². The highest BCUT2D eigenvalue weighted by atomic mass is 32.1. The fourth-order valence-electron chi connectivity index (χ4n) is 2.96. The number of guanidine groups is 1. The number of nitrogens with one attached hydrogen (secondary N) is 2. The van der Waals surface area contributed by atoms with E-state index in [1.807, 2.05) is 6.07 Å². The summed E-state index contributed by atoms with van der Waals surface area (Å²) in [6.45, 7) is 8.51. The first kappa shape index (κ1) is 20.7. The third-order valence-electron chi connectivity index (χ3n) is 4.78. The summed E-state index contributed by atoms with van der Waals surface area (Å²) < 4.78 is 0. The highest BCUT2D eigenvalue weighted by molar-refractivity contribution is 7.09. The lowest BCUT2D eigenvalue weighted by Gasteiger charge is -2.41. The van der Waals surface area contributed by atoms with E-state index in [1.54, 1.807) is 30.3 Å². The Morgan fingerprint density at radius 3 is 2.62 bits per heavy atom. The van der Waals surface area contributed by atoms with Gasteiger partial charge in [-0.05, 0) is 51.2 Å². The zero-order valence-electron chi connectivity index (χ0n) is 16.5. The number of carbonyl (C=O) groups is 1. The summed E-state index contributed by atoms with van der Waals surface area (Å²) in [5.41, 5.74) is 0.0529. The first-order valence-corrected chi connectivity index (χ1v) is 10.3. The molecule has 26 heavy (non-hydrogen) atoms. The van der Waals surface area contributed by atoms with Crippen LogP contribution < -0.4 is 10.6 Å². The van der Waals surface area contributed by atoms with Crippen LogP contribution in [0.25, 0.3) is 0 Å². The molecule has 0 bridgehead atoms. The van der Waals surface area contributed by atoms with Crippen molar-refractivity contribution in [2.45, 2.75) is 45.2 Å². The molecule has 1 aliphatic rings. The second kappa shape index (κ2) is 9.92. The number of thiophene rings is 1. The lowest BCUT2D eigenvalue weighted by atomic mass is 9.98. The van der Waals surface area contributed by atoms with Gasteiger partial charge in [-0.15, -0.1) is 11.3 Å². The van der Waals surface area contributed by atoms with Crippen LogP contribution in [0, 0.1) is 0 Å². The van der Waals surface area contributed by atoms with Gasteiger partial charge in [0.1, 0.15) is 6.54 Å². The molecular weight excluding hydrogens is 346 g/mol. The van der Waals surface area contributed by atoms with Gasteiger partial charge in [0.2, 0.25) is 5.91 Å². The van der Waals surface area contributed by atoms with Gasteiger partial charge in [0.25, 0.3) is 0 Å². The van der Waals surface area contributed by atoms with Crippen LogP contribution in [0.3, 0.4) is 0 Å². The number of piperidine rings is 1. The Hall–Kier alpha value is -1.60. The number of aliphatic imine (C=N–C) groups is 1. The average Bonchev–Trinajstić information content (AvgIpc) is 3.15. The van der Waals surface area contributed by atoms with Crippen LogP contribution in [0.1, 0.15) is 38.0 Å². The van der Waals surface area contributed by atoms with Crippen LogP contribution in [-0.4, -0.2) is 67.5 Å². The number of rotatable bonds is 7. The van der Waals surface area contributed by atoms with Gasteiger partial charge < -0.3 is 15.5 Å². The van der Waals surface area contributed by atoms with E-state index < -0.39 is 0 Å². The molecule has 6 nitrogen and oxygen atoms in total. The van der Waals surface area contributed by atoms with Crippen molar-refractivity contribution >= 4 is 23.2 Å². The molecule has 1 saturated heterocycles. The van der Waals surface area contributed by atoms with E-state index in [9.17, 15) is 4.79 Å². The minimum Gasteiger partial charge on any atom is -0.355 e. The summed E-state index contributed by atoms with van der Waals surface area (Å²) in [7, 11) is 3.51. The number of nitrogens with zero attached hydrogens (tertiary/aromatic N) is 3. The molecule has 146 valence electrons. The van der Waals surface area contributed by atoms with Gasteiger partial charge in [-0.1, -0.05) is 12.5 Å². The number of amides is 1. The summed E-state index contributed by atoms with van der Waals surface area (Å²) in [4.78, 5) is 21.7. The van der Waals surface area contributed by atoms with Gasteiger partial charge in [0, 0.05) is 31.1 Å². The standard InChI is InChI=1S/C19H33N5OS/c1-19(2,24-10-6-5-7-11-24)15-22-18(21-14-17(25)23(3)4)20-13-16-9-8-12-26-16/h8-9,12H,5-7,10-11,13-15H2,1-4H3,(H2,20,21,22). The zero-order chi connectivity index (χ0) is 19.0. The Balaban J connectivity index is 1.95. The summed E-state index contributed by atoms with van der Waals surface area (Å²) in [6, 6.07) is 4.14. The zero-order valence-corrected chi connectivity index (χ0v) is 17.4. The molecule has 0 spiro atoms. The van der Waals surface area contributed by atoms with Crippen LogP contribution in [-0.2, 0) is 11.3 Å². The van der Waals surface area contributed by atoms with Gasteiger partial charge in [-0.25, -0.2) is 4.99 Å². The number of hydrogen-bond acceptors (Lipinski definition) is 4. The number of carbonyl (C=O) groups excluding carboxylic acids is 1. The van der Waals surface area contributed by atoms with E-state index in [0.717, 1.165) is 19.6 Å². The molecule has 1 fully saturated rings. The number of hydrogen-bond donors (Lipinski definition) is 2. The van der Waals surface area contributed by atoms with Gasteiger partial charge in [-0.2, -0.15) is 0 Å². The Labute approximate surface area is 161 Å². The molecule has 7 heteroatoms. The van der Waals surface area contributed by atoms with Crippen LogP contribution in [0.4, 0.5) is 0 Å². The predicted octanol–water partition coefficient (Wildman–Crippen LogP) is 2.14. The molecule has 0 radical (unpaired) electrons. The Morgan fingerprint density at radius 1 is 1.27 bits per heavy atom. The van der Waals surface area contributed by atoms with Gasteiger partial charge in [0.05, 0.1) is 6.54 Å². The van der Waals surface area contributed by atoms with E-state index in [1.165, 1.54) is 24.1 Å². The number of likely N-dealkylation sites (tertiary alicyclic amines) is 1. The second-order valence-corrected chi connectivity index (χ2v) is 8.63. The molecule has 0 aromatic carbocycles. The van der Waals surface area contributed by atoms with Crippen molar-refractivity contribution in [3.05, 3.63) is 22.4 Å². The predicted molar refractivity (Wildman–Crippen MR) is 110 cm³/mol. The maximum absolute atomic E-state index is 11.9. The Bertz CT molecular complexity index is 577. The molecule has 2 rings (SSSR count).